The first-order chi connectivity index (χ1) is 7.77. The van der Waals surface area contributed by atoms with E-state index in [0.29, 0.717) is 0 Å². The van der Waals surface area contributed by atoms with Crippen LogP contribution in [0.1, 0.15) is 28.5 Å². The summed E-state index contributed by atoms with van der Waals surface area (Å²) in [6.07, 6.45) is 2.10. The Kier molecular flexibility index (Phi) is 3.75. The molecule has 0 bridgehead atoms. The van der Waals surface area contributed by atoms with Crippen LogP contribution in [-0.2, 0) is 6.42 Å². The topological polar surface area (TPSA) is 26.0 Å². The van der Waals surface area contributed by atoms with Gasteiger partial charge in [0.1, 0.15) is 0 Å². The highest BCUT2D eigenvalue weighted by atomic mass is 32.1. The number of hydrogen-bond donors (Lipinski definition) is 1. The fraction of sp³-hybridized carbons (Fsp3) is 0.286. The van der Waals surface area contributed by atoms with Gasteiger partial charge >= 0.3 is 0 Å². The van der Waals surface area contributed by atoms with E-state index in [1.165, 1.54) is 16.0 Å². The average Bonchev–Trinajstić information content (AvgIpc) is 2.73. The first-order valence-corrected chi connectivity index (χ1v) is 6.49. The molecule has 0 aliphatic heterocycles. The monoisotopic (exact) mass is 231 g/mol. The first-order valence-electron chi connectivity index (χ1n) is 5.61. The van der Waals surface area contributed by atoms with Gasteiger partial charge in [-0.25, -0.2) is 0 Å². The van der Waals surface area contributed by atoms with E-state index >= 15 is 0 Å². The Morgan fingerprint density at radius 2 is 1.94 bits per heavy atom. The van der Waals surface area contributed by atoms with Crippen LogP contribution in [0.3, 0.4) is 0 Å². The van der Waals surface area contributed by atoms with Crippen molar-refractivity contribution in [2.24, 2.45) is 5.73 Å². The van der Waals surface area contributed by atoms with Crippen molar-refractivity contribution in [3.8, 4) is 0 Å². The van der Waals surface area contributed by atoms with Crippen LogP contribution in [0.2, 0.25) is 0 Å². The molecular weight excluding hydrogens is 214 g/mol. The molecule has 0 aliphatic carbocycles. The minimum atomic E-state index is 0.155. The second kappa shape index (κ2) is 5.28. The fourth-order valence-corrected chi connectivity index (χ4v) is 2.74. The smallest absolute Gasteiger partial charge is 0.0298 e. The Morgan fingerprint density at radius 1 is 1.19 bits per heavy atom. The summed E-state index contributed by atoms with van der Waals surface area (Å²) in [6.45, 7) is 2.17. The van der Waals surface area contributed by atoms with Crippen LogP contribution in [0.15, 0.2) is 41.8 Å². The molecule has 2 N–H and O–H groups in total. The van der Waals surface area contributed by atoms with Crippen LogP contribution < -0.4 is 5.73 Å². The predicted molar refractivity (Wildman–Crippen MR) is 70.7 cm³/mol. The average molecular weight is 231 g/mol. The molecule has 0 saturated carbocycles. The lowest BCUT2D eigenvalue weighted by Gasteiger charge is -2.11. The largest absolute Gasteiger partial charge is 0.324 e. The van der Waals surface area contributed by atoms with Gasteiger partial charge in [0.2, 0.25) is 0 Å². The number of hydrogen-bond acceptors (Lipinski definition) is 2. The van der Waals surface area contributed by atoms with Crippen LogP contribution >= 0.6 is 11.3 Å². The molecule has 1 unspecified atom stereocenters. The number of thiophene rings is 1. The van der Waals surface area contributed by atoms with Crippen molar-refractivity contribution in [2.75, 3.05) is 0 Å². The number of rotatable bonds is 4. The summed E-state index contributed by atoms with van der Waals surface area (Å²) < 4.78 is 0. The predicted octanol–water partition coefficient (Wildman–Crippen LogP) is 3.69. The maximum absolute atomic E-state index is 6.17. The van der Waals surface area contributed by atoms with Gasteiger partial charge in [0.25, 0.3) is 0 Å². The lowest BCUT2D eigenvalue weighted by Crippen LogP contribution is -2.10. The Balaban J connectivity index is 1.94. The number of nitrogens with two attached hydrogens (primary N) is 1. The molecule has 0 radical (unpaired) electrons. The molecule has 1 nitrogen and oxygen atoms in total. The third-order valence-electron chi connectivity index (χ3n) is 2.88. The van der Waals surface area contributed by atoms with Crippen LogP contribution in [0.25, 0.3) is 0 Å². The number of aryl methyl sites for hydroxylation is 2. The van der Waals surface area contributed by atoms with Gasteiger partial charge in [0.05, 0.1) is 0 Å². The minimum absolute atomic E-state index is 0.155. The molecule has 0 saturated heterocycles. The van der Waals surface area contributed by atoms with E-state index < -0.39 is 0 Å². The molecule has 1 aromatic carbocycles. The SMILES string of the molecule is Cc1ccsc1CCC(N)c1ccccc1. The second-order valence-electron chi connectivity index (χ2n) is 4.08. The van der Waals surface area contributed by atoms with Crippen molar-refractivity contribution in [3.05, 3.63) is 57.8 Å². The summed E-state index contributed by atoms with van der Waals surface area (Å²) >= 11 is 1.83. The summed E-state index contributed by atoms with van der Waals surface area (Å²) in [4.78, 5) is 1.46. The Labute approximate surface area is 101 Å². The zero-order chi connectivity index (χ0) is 11.4. The van der Waals surface area contributed by atoms with Crippen molar-refractivity contribution in [3.63, 3.8) is 0 Å². The minimum Gasteiger partial charge on any atom is -0.324 e. The van der Waals surface area contributed by atoms with Crippen LogP contribution in [-0.4, -0.2) is 0 Å². The van der Waals surface area contributed by atoms with Crippen LogP contribution in [0.5, 0.6) is 0 Å². The molecule has 0 fully saturated rings. The maximum Gasteiger partial charge on any atom is 0.0298 e. The molecule has 16 heavy (non-hydrogen) atoms. The Hall–Kier alpha value is -1.12. The highest BCUT2D eigenvalue weighted by Gasteiger charge is 2.07. The summed E-state index contributed by atoms with van der Waals surface area (Å²) in [7, 11) is 0. The summed E-state index contributed by atoms with van der Waals surface area (Å²) in [6, 6.07) is 12.7. The molecule has 1 aromatic heterocycles. The zero-order valence-electron chi connectivity index (χ0n) is 9.52. The van der Waals surface area contributed by atoms with E-state index in [4.69, 9.17) is 5.73 Å². The van der Waals surface area contributed by atoms with E-state index in [-0.39, 0.29) is 6.04 Å². The summed E-state index contributed by atoms with van der Waals surface area (Å²) in [5.41, 5.74) is 8.79. The number of benzene rings is 1. The zero-order valence-corrected chi connectivity index (χ0v) is 10.3. The van der Waals surface area contributed by atoms with Gasteiger partial charge in [-0.2, -0.15) is 0 Å². The molecule has 0 amide bonds. The van der Waals surface area contributed by atoms with Gasteiger partial charge in [0.15, 0.2) is 0 Å². The van der Waals surface area contributed by atoms with E-state index in [1.54, 1.807) is 0 Å². The van der Waals surface area contributed by atoms with Gasteiger partial charge in [-0.15, -0.1) is 11.3 Å². The molecule has 1 heterocycles. The highest BCUT2D eigenvalue weighted by Crippen LogP contribution is 2.21. The molecule has 2 rings (SSSR count). The summed E-state index contributed by atoms with van der Waals surface area (Å²) in [5.74, 6) is 0. The van der Waals surface area contributed by atoms with E-state index in [0.717, 1.165) is 12.8 Å². The van der Waals surface area contributed by atoms with Gasteiger partial charge in [0, 0.05) is 10.9 Å². The molecule has 0 aliphatic rings. The van der Waals surface area contributed by atoms with Gasteiger partial charge in [-0.05, 0) is 42.3 Å². The third-order valence-corrected chi connectivity index (χ3v) is 3.96. The normalized spacial score (nSPS) is 12.6. The standard InChI is InChI=1S/C14H17NS/c1-11-9-10-16-14(11)8-7-13(15)12-5-3-2-4-6-12/h2-6,9-10,13H,7-8,15H2,1H3. The molecule has 0 spiro atoms. The lowest BCUT2D eigenvalue weighted by atomic mass is 10.0. The van der Waals surface area contributed by atoms with Gasteiger partial charge in [-0.1, -0.05) is 30.3 Å². The fourth-order valence-electron chi connectivity index (χ4n) is 1.81. The highest BCUT2D eigenvalue weighted by molar-refractivity contribution is 7.10. The molecular formula is C14H17NS. The van der Waals surface area contributed by atoms with Gasteiger partial charge in [-0.3, -0.25) is 0 Å². The second-order valence-corrected chi connectivity index (χ2v) is 5.08. The Morgan fingerprint density at radius 3 is 2.56 bits per heavy atom. The van der Waals surface area contributed by atoms with E-state index in [2.05, 4.69) is 30.5 Å². The molecule has 1 atom stereocenters. The van der Waals surface area contributed by atoms with Crippen molar-refractivity contribution in [2.45, 2.75) is 25.8 Å². The van der Waals surface area contributed by atoms with Crippen LogP contribution in [0, 0.1) is 6.92 Å². The molecule has 2 heteroatoms. The lowest BCUT2D eigenvalue weighted by molar-refractivity contribution is 0.654. The van der Waals surface area contributed by atoms with Gasteiger partial charge < -0.3 is 5.73 Å². The third kappa shape index (κ3) is 2.71. The van der Waals surface area contributed by atoms with Crippen molar-refractivity contribution in [1.29, 1.82) is 0 Å². The van der Waals surface area contributed by atoms with E-state index in [1.807, 2.05) is 29.5 Å². The molecule has 84 valence electrons. The van der Waals surface area contributed by atoms with Crippen LogP contribution in [0.4, 0.5) is 0 Å². The van der Waals surface area contributed by atoms with Crippen molar-refractivity contribution < 1.29 is 0 Å². The first kappa shape index (κ1) is 11.4. The summed E-state index contributed by atoms with van der Waals surface area (Å²) in [5, 5.41) is 2.15. The maximum atomic E-state index is 6.17. The van der Waals surface area contributed by atoms with Crippen molar-refractivity contribution in [1.82, 2.24) is 0 Å². The van der Waals surface area contributed by atoms with Crippen molar-refractivity contribution >= 4 is 11.3 Å². The molecule has 2 aromatic rings. The Bertz CT molecular complexity index is 433. The van der Waals surface area contributed by atoms with E-state index in [9.17, 15) is 0 Å². The quantitative estimate of drug-likeness (QED) is 0.853.